The van der Waals surface area contributed by atoms with Crippen molar-refractivity contribution in [1.29, 1.82) is 21.0 Å². The second-order valence-corrected chi connectivity index (χ2v) is 24.4. The van der Waals surface area contributed by atoms with Crippen molar-refractivity contribution < 1.29 is 57.1 Å². The van der Waals surface area contributed by atoms with Crippen LogP contribution in [0, 0.1) is 57.2 Å². The first kappa shape index (κ1) is 59.4. The molecule has 4 aromatic carbocycles. The Morgan fingerprint density at radius 2 is 0.756 bits per heavy atom. The topological polar surface area (TPSA) is 262 Å². The van der Waals surface area contributed by atoms with Gasteiger partial charge in [0, 0.05) is 58.4 Å². The maximum Gasteiger partial charge on any atom is 0.367 e. The summed E-state index contributed by atoms with van der Waals surface area (Å²) in [6.07, 6.45) is 7.14. The van der Waals surface area contributed by atoms with Crippen molar-refractivity contribution in [1.82, 2.24) is 0 Å². The molecule has 442 valence electrons. The van der Waals surface area contributed by atoms with Gasteiger partial charge in [0.1, 0.15) is 83.7 Å². The molecule has 18 nitrogen and oxygen atoms in total. The first-order valence-corrected chi connectivity index (χ1v) is 30.7. The Balaban J connectivity index is 1.07. The number of rotatable bonds is 18. The molecule has 0 N–H and O–H groups in total. The van der Waals surface area contributed by atoms with Crippen LogP contribution in [-0.2, 0) is 64.6 Å². The fraction of sp³-hybridized carbons (Fsp3) is 0.147. The Morgan fingerprint density at radius 3 is 1.04 bits per heavy atom. The minimum atomic E-state index is -2.65. The first-order chi connectivity index (χ1) is 43.9. The number of nitrogens with zero attached hydrogens (tertiary/aromatic N) is 6. The number of hydrogen-bond donors (Lipinski definition) is 0. The summed E-state index contributed by atoms with van der Waals surface area (Å²) in [6.45, 7) is -1.04. The molecule has 8 aromatic rings. The number of aliphatic imine (C=N–C) groups is 2. The van der Waals surface area contributed by atoms with E-state index in [0.29, 0.717) is 74.2 Å². The minimum Gasteiger partial charge on any atom is -0.495 e. The van der Waals surface area contributed by atoms with E-state index in [1.165, 1.54) is 36.9 Å². The fourth-order valence-corrected chi connectivity index (χ4v) is 15.0. The molecule has 12 rings (SSSR count). The normalized spacial score (nSPS) is 15.7. The summed E-state index contributed by atoms with van der Waals surface area (Å²) in [4.78, 5) is 73.7. The Labute approximate surface area is 530 Å². The SMILES string of the molecule is COc1cc(N=C(C#N)C#N)sc1-c1cc2c(s1)C1=CC3C=C4C(=CC3C=C1C(C(=O)OCc1ccccc1)(C(=O)OCc1ccccc1)O2)c1sc(-c2sc(N=C(C#N)C#N)cc2OC)cc1OC4(C(=O)OCc1ccccc1)C(=O)OCc1ccccc1. The van der Waals surface area contributed by atoms with Crippen LogP contribution in [0.5, 0.6) is 23.0 Å². The van der Waals surface area contributed by atoms with Crippen LogP contribution in [0.15, 0.2) is 191 Å². The zero-order chi connectivity index (χ0) is 62.5. The van der Waals surface area contributed by atoms with Crippen molar-refractivity contribution in [3.63, 3.8) is 0 Å². The molecule has 4 aliphatic rings. The van der Waals surface area contributed by atoms with Crippen LogP contribution >= 0.6 is 45.3 Å². The van der Waals surface area contributed by atoms with Crippen LogP contribution in [0.4, 0.5) is 10.0 Å². The van der Waals surface area contributed by atoms with Crippen LogP contribution in [-0.4, -0.2) is 60.7 Å². The van der Waals surface area contributed by atoms with E-state index in [9.17, 15) is 21.0 Å². The number of benzene rings is 4. The van der Waals surface area contributed by atoms with Gasteiger partial charge in [-0.2, -0.15) is 21.0 Å². The molecule has 4 aromatic heterocycles. The van der Waals surface area contributed by atoms with Gasteiger partial charge in [-0.15, -0.1) is 45.3 Å². The Hall–Kier alpha value is -11.0. The molecule has 0 spiro atoms. The molecule has 2 unspecified atom stereocenters. The largest absolute Gasteiger partial charge is 0.495 e. The van der Waals surface area contributed by atoms with Gasteiger partial charge in [0.2, 0.25) is 11.4 Å². The van der Waals surface area contributed by atoms with Crippen molar-refractivity contribution in [3.05, 3.63) is 213 Å². The number of methoxy groups -OCH3 is 2. The third kappa shape index (κ3) is 11.2. The number of hydrogen-bond acceptors (Lipinski definition) is 22. The summed E-state index contributed by atoms with van der Waals surface area (Å²) in [5.41, 5.74) is -2.73. The van der Waals surface area contributed by atoms with Gasteiger partial charge in [-0.3, -0.25) is 0 Å². The van der Waals surface area contributed by atoms with E-state index in [-0.39, 0.29) is 70.5 Å². The molecular weight excluding hydrogens is 1220 g/mol. The predicted molar refractivity (Wildman–Crippen MR) is 336 cm³/mol. The maximum atomic E-state index is 15.6. The van der Waals surface area contributed by atoms with Crippen molar-refractivity contribution in [2.75, 3.05) is 14.2 Å². The predicted octanol–water partition coefficient (Wildman–Crippen LogP) is 13.3. The van der Waals surface area contributed by atoms with Crippen molar-refractivity contribution >= 4 is 102 Å². The number of carbonyl (C=O) groups excluding carboxylic acids is 4. The molecule has 0 fully saturated rings. The second kappa shape index (κ2) is 25.4. The highest BCUT2D eigenvalue weighted by molar-refractivity contribution is 7.25. The minimum absolute atomic E-state index is 0.0751. The highest BCUT2D eigenvalue weighted by atomic mass is 32.1. The van der Waals surface area contributed by atoms with Gasteiger partial charge in [0.25, 0.3) is 0 Å². The molecule has 0 saturated carbocycles. The second-order valence-electron chi connectivity index (χ2n) is 20.2. The first-order valence-electron chi connectivity index (χ1n) is 27.4. The Kier molecular flexibility index (Phi) is 16.7. The molecular formula is C68H44N6O12S4. The van der Waals surface area contributed by atoms with Gasteiger partial charge in [0.05, 0.1) is 43.5 Å². The third-order valence-electron chi connectivity index (χ3n) is 14.8. The highest BCUT2D eigenvalue weighted by Crippen LogP contribution is 2.60. The van der Waals surface area contributed by atoms with Gasteiger partial charge in [-0.05, 0) is 22.3 Å². The molecule has 0 saturated heterocycles. The summed E-state index contributed by atoms with van der Waals surface area (Å²) < 4.78 is 50.1. The van der Waals surface area contributed by atoms with Gasteiger partial charge in [0.15, 0.2) is 0 Å². The number of fused-ring (bicyclic) bond motifs is 7. The number of nitriles is 4. The standard InChI is InChI=1S/C68H44N6O12S4/c1-79-51-29-57(73-45(31-69)32-70)89-61(51)55-27-53-59(87-55)47-23-43-26-50-48(24-44(43)25-49(47)67(85-53,63(75)81-35-39-15-7-3-8-16-39)64(76)82-36-40-17-9-4-10-18-40)60-54(28-56(88-60)62-52(80-2)30-58(90-62)74-46(33-71)34-72)86-68(50,65(77)83-37-41-19-11-5-12-20-41)66(78)84-38-42-21-13-6-14-22-42/h3-30,43-44H,35-38H2,1-2H3. The number of thiophene rings is 4. The van der Waals surface area contributed by atoms with Crippen LogP contribution in [0.2, 0.25) is 0 Å². The average Bonchev–Trinajstić information content (AvgIpc) is 1.23. The van der Waals surface area contributed by atoms with Gasteiger partial charge in [-0.25, -0.2) is 29.2 Å². The quantitative estimate of drug-likeness (QED) is 0.0334. The van der Waals surface area contributed by atoms with Crippen molar-refractivity contribution in [2.45, 2.75) is 37.6 Å². The molecule has 0 radical (unpaired) electrons. The molecule has 0 amide bonds. The van der Waals surface area contributed by atoms with Crippen LogP contribution in [0.3, 0.4) is 0 Å². The lowest BCUT2D eigenvalue weighted by Crippen LogP contribution is -2.58. The summed E-state index contributed by atoms with van der Waals surface area (Å²) >= 11 is 4.71. The summed E-state index contributed by atoms with van der Waals surface area (Å²) in [5, 5.41) is 38.9. The fourth-order valence-electron chi connectivity index (χ4n) is 10.5. The molecule has 6 heterocycles. The van der Waals surface area contributed by atoms with Crippen LogP contribution < -0.4 is 18.9 Å². The number of carbonyl (C=O) groups is 4. The molecule has 22 heteroatoms. The number of ether oxygens (including phenoxy) is 8. The summed E-state index contributed by atoms with van der Waals surface area (Å²) in [5.74, 6) is -5.10. The molecule has 2 atom stereocenters. The summed E-state index contributed by atoms with van der Waals surface area (Å²) in [6, 6.07) is 49.3. The van der Waals surface area contributed by atoms with Crippen molar-refractivity contribution in [3.8, 4) is 66.8 Å². The molecule has 2 aliphatic heterocycles. The molecule has 2 aliphatic carbocycles. The molecule has 90 heavy (non-hydrogen) atoms. The van der Waals surface area contributed by atoms with Crippen LogP contribution in [0.1, 0.15) is 32.0 Å². The van der Waals surface area contributed by atoms with E-state index in [4.69, 9.17) is 37.9 Å². The van der Waals surface area contributed by atoms with Gasteiger partial charge < -0.3 is 37.9 Å². The smallest absolute Gasteiger partial charge is 0.367 e. The van der Waals surface area contributed by atoms with E-state index in [1.807, 2.05) is 36.4 Å². The van der Waals surface area contributed by atoms with Gasteiger partial charge in [-0.1, -0.05) is 146 Å². The van der Waals surface area contributed by atoms with E-state index in [0.717, 1.165) is 22.7 Å². The average molecular weight is 1270 g/mol. The Bertz CT molecular complexity index is 4130. The molecule has 0 bridgehead atoms. The van der Waals surface area contributed by atoms with Gasteiger partial charge >= 0.3 is 35.1 Å². The van der Waals surface area contributed by atoms with Crippen LogP contribution in [0.25, 0.3) is 30.7 Å². The van der Waals surface area contributed by atoms with E-state index in [1.54, 1.807) is 158 Å². The third-order valence-corrected chi connectivity index (χ3v) is 19.4. The monoisotopic (exact) mass is 1260 g/mol. The van der Waals surface area contributed by atoms with Crippen molar-refractivity contribution in [2.24, 2.45) is 21.8 Å². The number of allylic oxidation sites excluding steroid dienone is 4. The lowest BCUT2D eigenvalue weighted by molar-refractivity contribution is -0.179. The Morgan fingerprint density at radius 1 is 0.444 bits per heavy atom. The highest BCUT2D eigenvalue weighted by Gasteiger charge is 2.63. The lowest BCUT2D eigenvalue weighted by atomic mass is 9.68. The lowest BCUT2D eigenvalue weighted by Gasteiger charge is -2.42. The van der Waals surface area contributed by atoms with E-state index >= 15 is 19.2 Å². The summed E-state index contributed by atoms with van der Waals surface area (Å²) in [7, 11) is 2.91. The maximum absolute atomic E-state index is 15.6. The van der Waals surface area contributed by atoms with E-state index < -0.39 is 46.9 Å². The zero-order valence-electron chi connectivity index (χ0n) is 47.4. The number of esters is 4. The zero-order valence-corrected chi connectivity index (χ0v) is 50.6. The van der Waals surface area contributed by atoms with E-state index in [2.05, 4.69) is 9.98 Å².